The minimum atomic E-state index is 0.252. The second kappa shape index (κ2) is 8.29. The summed E-state index contributed by atoms with van der Waals surface area (Å²) >= 11 is 5.68. The van der Waals surface area contributed by atoms with Crippen LogP contribution in [-0.2, 0) is 6.67 Å². The molecule has 0 aliphatic carbocycles. The SMILES string of the molecule is Cc1cccc(C)c1-n1nnn(C[NH+](C)[C@H](C)c2ccc(-n3cncn3)cc2)c1=S. The fourth-order valence-corrected chi connectivity index (χ4v) is 3.80. The Morgan fingerprint density at radius 3 is 2.37 bits per heavy atom. The number of aromatic nitrogens is 7. The quantitative estimate of drug-likeness (QED) is 0.484. The van der Waals surface area contributed by atoms with E-state index in [9.17, 15) is 0 Å². The number of tetrazole rings is 1. The Kier molecular flexibility index (Phi) is 5.56. The van der Waals surface area contributed by atoms with Gasteiger partial charge in [0.1, 0.15) is 18.7 Å². The van der Waals surface area contributed by atoms with Crippen LogP contribution in [0.3, 0.4) is 0 Å². The van der Waals surface area contributed by atoms with Crippen molar-refractivity contribution in [3.05, 3.63) is 76.6 Å². The highest BCUT2D eigenvalue weighted by Gasteiger charge is 2.18. The van der Waals surface area contributed by atoms with Gasteiger partial charge in [-0.05, 0) is 66.7 Å². The van der Waals surface area contributed by atoms with Gasteiger partial charge in [-0.1, -0.05) is 30.3 Å². The maximum absolute atomic E-state index is 5.68. The van der Waals surface area contributed by atoms with E-state index in [4.69, 9.17) is 12.2 Å². The molecule has 0 aliphatic heterocycles. The third kappa shape index (κ3) is 3.81. The van der Waals surface area contributed by atoms with Crippen molar-refractivity contribution in [2.24, 2.45) is 0 Å². The highest BCUT2D eigenvalue weighted by atomic mass is 32.1. The highest BCUT2D eigenvalue weighted by molar-refractivity contribution is 7.71. The van der Waals surface area contributed by atoms with Crippen LogP contribution in [0.4, 0.5) is 0 Å². The lowest BCUT2D eigenvalue weighted by Crippen LogP contribution is -3.08. The van der Waals surface area contributed by atoms with Crippen molar-refractivity contribution in [1.82, 2.24) is 34.6 Å². The van der Waals surface area contributed by atoms with E-state index in [1.165, 1.54) is 16.8 Å². The number of benzene rings is 2. The molecule has 9 heteroatoms. The molecule has 2 atom stereocenters. The fraction of sp³-hybridized carbons (Fsp3) is 0.286. The van der Waals surface area contributed by atoms with E-state index in [0.717, 1.165) is 22.5 Å². The number of hydrogen-bond acceptors (Lipinski definition) is 5. The molecular weight excluding hydrogens is 396 g/mol. The van der Waals surface area contributed by atoms with Crippen molar-refractivity contribution < 1.29 is 4.90 Å². The summed E-state index contributed by atoms with van der Waals surface area (Å²) in [4.78, 5) is 5.25. The summed E-state index contributed by atoms with van der Waals surface area (Å²) in [7, 11) is 2.13. The molecule has 0 saturated carbocycles. The van der Waals surface area contributed by atoms with Crippen LogP contribution >= 0.6 is 12.2 Å². The van der Waals surface area contributed by atoms with Gasteiger partial charge in [-0.15, -0.1) is 0 Å². The monoisotopic (exact) mass is 421 g/mol. The van der Waals surface area contributed by atoms with E-state index in [-0.39, 0.29) is 6.04 Å². The molecule has 0 amide bonds. The van der Waals surface area contributed by atoms with E-state index in [2.05, 4.69) is 84.7 Å². The highest BCUT2D eigenvalue weighted by Crippen LogP contribution is 2.18. The third-order valence-electron chi connectivity index (χ3n) is 5.51. The molecule has 4 aromatic rings. The summed E-state index contributed by atoms with van der Waals surface area (Å²) in [5.74, 6) is 0. The largest absolute Gasteiger partial charge is 0.313 e. The van der Waals surface area contributed by atoms with Gasteiger partial charge in [0.25, 0.3) is 0 Å². The molecule has 0 bridgehead atoms. The number of hydrogen-bond donors (Lipinski definition) is 1. The van der Waals surface area contributed by atoms with Crippen molar-refractivity contribution in [3.8, 4) is 11.4 Å². The smallest absolute Gasteiger partial charge is 0.225 e. The molecule has 0 fully saturated rings. The van der Waals surface area contributed by atoms with Gasteiger partial charge >= 0.3 is 0 Å². The van der Waals surface area contributed by atoms with Crippen LogP contribution in [0.5, 0.6) is 0 Å². The Labute approximate surface area is 180 Å². The first-order valence-electron chi connectivity index (χ1n) is 9.82. The first-order valence-corrected chi connectivity index (χ1v) is 10.2. The van der Waals surface area contributed by atoms with E-state index >= 15 is 0 Å². The Morgan fingerprint density at radius 2 is 1.73 bits per heavy atom. The van der Waals surface area contributed by atoms with Gasteiger partial charge in [0.2, 0.25) is 4.77 Å². The second-order valence-electron chi connectivity index (χ2n) is 7.57. The van der Waals surface area contributed by atoms with Crippen molar-refractivity contribution in [2.75, 3.05) is 7.05 Å². The van der Waals surface area contributed by atoms with Gasteiger partial charge in [-0.3, -0.25) is 0 Å². The summed E-state index contributed by atoms with van der Waals surface area (Å²) in [6, 6.07) is 14.8. The van der Waals surface area contributed by atoms with Gasteiger partial charge in [0.05, 0.1) is 18.4 Å². The summed E-state index contributed by atoms with van der Waals surface area (Å²) in [5.41, 5.74) is 5.47. The molecule has 8 nitrogen and oxygen atoms in total. The van der Waals surface area contributed by atoms with Crippen LogP contribution in [0.2, 0.25) is 0 Å². The molecule has 1 N–H and O–H groups in total. The van der Waals surface area contributed by atoms with Crippen LogP contribution in [0.25, 0.3) is 11.4 Å². The Bertz CT molecular complexity index is 1170. The molecular formula is C21H25N8S+. The van der Waals surface area contributed by atoms with E-state index in [0.29, 0.717) is 11.4 Å². The minimum Gasteiger partial charge on any atom is -0.313 e. The van der Waals surface area contributed by atoms with Gasteiger partial charge < -0.3 is 4.90 Å². The Hall–Kier alpha value is -3.17. The maximum atomic E-state index is 5.68. The predicted octanol–water partition coefficient (Wildman–Crippen LogP) is 2.23. The Morgan fingerprint density at radius 1 is 1.03 bits per heavy atom. The second-order valence-corrected chi connectivity index (χ2v) is 7.94. The number of nitrogens with zero attached hydrogens (tertiary/aromatic N) is 7. The number of nitrogens with one attached hydrogen (secondary N) is 1. The predicted molar refractivity (Wildman–Crippen MR) is 116 cm³/mol. The van der Waals surface area contributed by atoms with Crippen molar-refractivity contribution in [3.63, 3.8) is 0 Å². The Balaban J connectivity index is 1.52. The van der Waals surface area contributed by atoms with Crippen molar-refractivity contribution in [1.29, 1.82) is 0 Å². The molecule has 30 heavy (non-hydrogen) atoms. The minimum absolute atomic E-state index is 0.252. The maximum Gasteiger partial charge on any atom is 0.225 e. The van der Waals surface area contributed by atoms with Gasteiger partial charge in [-0.2, -0.15) is 14.5 Å². The van der Waals surface area contributed by atoms with Crippen molar-refractivity contribution >= 4 is 12.2 Å². The van der Waals surface area contributed by atoms with Crippen LogP contribution in [0.15, 0.2) is 55.1 Å². The molecule has 154 valence electrons. The zero-order chi connectivity index (χ0) is 21.3. The van der Waals surface area contributed by atoms with Crippen LogP contribution in [-0.4, -0.2) is 41.6 Å². The molecule has 2 aromatic carbocycles. The third-order valence-corrected chi connectivity index (χ3v) is 5.89. The zero-order valence-corrected chi connectivity index (χ0v) is 18.3. The van der Waals surface area contributed by atoms with Crippen LogP contribution in [0, 0.1) is 18.6 Å². The summed E-state index contributed by atoms with van der Waals surface area (Å²) in [6.45, 7) is 6.94. The molecule has 2 aromatic heterocycles. The van der Waals surface area contributed by atoms with E-state index < -0.39 is 0 Å². The zero-order valence-electron chi connectivity index (χ0n) is 17.5. The van der Waals surface area contributed by atoms with Gasteiger partial charge in [-0.25, -0.2) is 9.67 Å². The summed E-state index contributed by atoms with van der Waals surface area (Å²) in [6.07, 6.45) is 3.22. The topological polar surface area (TPSA) is 70.8 Å². The lowest BCUT2D eigenvalue weighted by atomic mass is 10.1. The van der Waals surface area contributed by atoms with Gasteiger partial charge in [0, 0.05) is 5.56 Å². The molecule has 2 heterocycles. The molecule has 0 aliphatic rings. The number of aryl methyl sites for hydroxylation is 2. The lowest BCUT2D eigenvalue weighted by Gasteiger charge is -2.21. The number of rotatable bonds is 6. The molecule has 1 unspecified atom stereocenters. The lowest BCUT2D eigenvalue weighted by molar-refractivity contribution is -0.933. The normalized spacial score (nSPS) is 13.3. The average Bonchev–Trinajstić information content (AvgIpc) is 3.39. The first-order chi connectivity index (χ1) is 14.5. The van der Waals surface area contributed by atoms with Crippen LogP contribution < -0.4 is 4.90 Å². The number of quaternary nitrogens is 1. The van der Waals surface area contributed by atoms with E-state index in [1.54, 1.807) is 20.4 Å². The molecule has 0 radical (unpaired) electrons. The van der Waals surface area contributed by atoms with E-state index in [1.807, 2.05) is 6.07 Å². The number of para-hydroxylation sites is 1. The molecule has 0 spiro atoms. The summed E-state index contributed by atoms with van der Waals surface area (Å²) in [5, 5.41) is 12.8. The fourth-order valence-electron chi connectivity index (χ4n) is 3.57. The van der Waals surface area contributed by atoms with Crippen molar-refractivity contribution in [2.45, 2.75) is 33.5 Å². The summed E-state index contributed by atoms with van der Waals surface area (Å²) < 4.78 is 5.89. The standard InChI is InChI=1S/C21H24N8S/c1-15-6-5-7-16(2)20(15)29-21(30)28(24-25-29)14-26(4)17(3)18-8-10-19(11-9-18)27-13-22-12-23-27/h5-13,17H,14H2,1-4H3/p+1/t17-/m1/s1. The molecule has 4 rings (SSSR count). The average molecular weight is 422 g/mol. The van der Waals surface area contributed by atoms with Gasteiger partial charge in [0.15, 0.2) is 6.67 Å². The first kappa shape index (κ1) is 20.1. The molecule has 0 saturated heterocycles. The van der Waals surface area contributed by atoms with Crippen LogP contribution in [0.1, 0.15) is 29.7 Å².